The Hall–Kier alpha value is -2.69. The fourth-order valence-electron chi connectivity index (χ4n) is 1.53. The van der Waals surface area contributed by atoms with Gasteiger partial charge < -0.3 is 10.4 Å². The molecular weight excluding hydrogens is 244 g/mol. The zero-order chi connectivity index (χ0) is 13.8. The van der Waals surface area contributed by atoms with Crippen LogP contribution in [0.2, 0.25) is 0 Å². The van der Waals surface area contributed by atoms with E-state index in [0.29, 0.717) is 11.4 Å². The summed E-state index contributed by atoms with van der Waals surface area (Å²) < 4.78 is 0. The van der Waals surface area contributed by atoms with Crippen LogP contribution in [-0.4, -0.2) is 21.8 Å². The summed E-state index contributed by atoms with van der Waals surface area (Å²) in [6.45, 7) is 1.51. The number of hydrogen-bond acceptors (Lipinski definition) is 4. The molecule has 5 nitrogen and oxygen atoms in total. The third-order valence-corrected chi connectivity index (χ3v) is 2.57. The van der Waals surface area contributed by atoms with Crippen LogP contribution in [0.4, 0.5) is 11.5 Å². The second-order valence-corrected chi connectivity index (χ2v) is 4.00. The number of aromatic carboxylic acids is 1. The van der Waals surface area contributed by atoms with Crippen molar-refractivity contribution < 1.29 is 14.7 Å². The first kappa shape index (κ1) is 12.8. The molecule has 0 atom stereocenters. The number of hydrogen-bond donors (Lipinski definition) is 2. The Morgan fingerprint density at radius 3 is 2.16 bits per heavy atom. The van der Waals surface area contributed by atoms with E-state index in [2.05, 4.69) is 10.3 Å². The smallest absolute Gasteiger partial charge is 0.337 e. The highest BCUT2D eigenvalue weighted by Crippen LogP contribution is 2.15. The lowest BCUT2D eigenvalue weighted by Crippen LogP contribution is -1.99. The van der Waals surface area contributed by atoms with Crippen molar-refractivity contribution in [2.75, 3.05) is 5.32 Å². The number of nitrogens with one attached hydrogen (secondary N) is 1. The van der Waals surface area contributed by atoms with E-state index in [1.807, 2.05) is 0 Å². The van der Waals surface area contributed by atoms with Crippen LogP contribution in [0.1, 0.15) is 27.6 Å². The number of carboxylic acids is 1. The number of Topliss-reactive ketones (excluding diaryl/α,β-unsaturated/α-hetero) is 1. The van der Waals surface area contributed by atoms with Gasteiger partial charge in [-0.15, -0.1) is 0 Å². The van der Waals surface area contributed by atoms with Gasteiger partial charge in [0.2, 0.25) is 0 Å². The van der Waals surface area contributed by atoms with Crippen LogP contribution in [0, 0.1) is 0 Å². The van der Waals surface area contributed by atoms with Gasteiger partial charge in [-0.05, 0) is 43.3 Å². The molecule has 1 heterocycles. The number of nitrogens with zero attached hydrogens (tertiary/aromatic N) is 1. The first-order valence-corrected chi connectivity index (χ1v) is 5.63. The van der Waals surface area contributed by atoms with Gasteiger partial charge in [-0.2, -0.15) is 0 Å². The predicted octanol–water partition coefficient (Wildman–Crippen LogP) is 2.73. The van der Waals surface area contributed by atoms with E-state index in [1.54, 1.807) is 30.3 Å². The summed E-state index contributed by atoms with van der Waals surface area (Å²) in [7, 11) is 0. The van der Waals surface area contributed by atoms with Gasteiger partial charge in [-0.1, -0.05) is 0 Å². The molecule has 0 unspecified atom stereocenters. The molecule has 2 aromatic rings. The second kappa shape index (κ2) is 5.30. The van der Waals surface area contributed by atoms with Crippen LogP contribution < -0.4 is 5.32 Å². The van der Waals surface area contributed by atoms with Gasteiger partial charge >= 0.3 is 5.97 Å². The molecule has 19 heavy (non-hydrogen) atoms. The number of rotatable bonds is 4. The van der Waals surface area contributed by atoms with E-state index in [0.717, 1.165) is 5.69 Å². The number of carbonyl (C=O) groups excluding carboxylic acids is 1. The van der Waals surface area contributed by atoms with E-state index in [9.17, 15) is 9.59 Å². The summed E-state index contributed by atoms with van der Waals surface area (Å²) in [5.74, 6) is -0.457. The number of aromatic nitrogens is 1. The Morgan fingerprint density at radius 1 is 1.05 bits per heavy atom. The molecule has 0 bridgehead atoms. The van der Waals surface area contributed by atoms with E-state index in [4.69, 9.17) is 5.11 Å². The van der Waals surface area contributed by atoms with Gasteiger partial charge in [-0.3, -0.25) is 4.79 Å². The standard InChI is InChI=1S/C14H12N2O3/c1-9(17)10-2-5-12(6-3-10)16-13-7-4-11(8-15-13)14(18)19/h2-8H,1H3,(H,15,16)(H,18,19). The van der Waals surface area contributed by atoms with E-state index >= 15 is 0 Å². The van der Waals surface area contributed by atoms with Crippen LogP contribution >= 0.6 is 0 Å². The molecule has 96 valence electrons. The zero-order valence-electron chi connectivity index (χ0n) is 10.3. The third kappa shape index (κ3) is 3.16. The average Bonchev–Trinajstić information content (AvgIpc) is 2.40. The van der Waals surface area contributed by atoms with E-state index in [1.165, 1.54) is 19.2 Å². The molecule has 0 saturated carbocycles. The Bertz CT molecular complexity index is 548. The lowest BCUT2D eigenvalue weighted by molar-refractivity contribution is 0.0696. The van der Waals surface area contributed by atoms with Crippen molar-refractivity contribution in [1.29, 1.82) is 0 Å². The van der Waals surface area contributed by atoms with Crippen molar-refractivity contribution >= 4 is 23.3 Å². The maximum absolute atomic E-state index is 11.1. The van der Waals surface area contributed by atoms with Crippen LogP contribution in [-0.2, 0) is 0 Å². The molecule has 0 amide bonds. The Morgan fingerprint density at radius 2 is 1.68 bits per heavy atom. The largest absolute Gasteiger partial charge is 0.478 e. The number of anilines is 2. The third-order valence-electron chi connectivity index (χ3n) is 2.57. The quantitative estimate of drug-likeness (QED) is 0.822. The van der Waals surface area contributed by atoms with E-state index in [-0.39, 0.29) is 11.3 Å². The first-order valence-electron chi connectivity index (χ1n) is 5.63. The monoisotopic (exact) mass is 256 g/mol. The van der Waals surface area contributed by atoms with Gasteiger partial charge in [0, 0.05) is 17.4 Å². The van der Waals surface area contributed by atoms with Gasteiger partial charge in [0.25, 0.3) is 0 Å². The molecule has 2 rings (SSSR count). The molecule has 0 saturated heterocycles. The maximum atomic E-state index is 11.1. The van der Waals surface area contributed by atoms with Crippen molar-refractivity contribution in [3.8, 4) is 0 Å². The highest BCUT2D eigenvalue weighted by molar-refractivity contribution is 5.94. The first-order chi connectivity index (χ1) is 9.06. The van der Waals surface area contributed by atoms with Gasteiger partial charge in [0.15, 0.2) is 5.78 Å². The molecule has 5 heteroatoms. The van der Waals surface area contributed by atoms with Crippen molar-refractivity contribution in [1.82, 2.24) is 4.98 Å². The zero-order valence-corrected chi connectivity index (χ0v) is 10.3. The minimum atomic E-state index is -1.01. The minimum absolute atomic E-state index is 0.00971. The molecule has 0 fully saturated rings. The summed E-state index contributed by atoms with van der Waals surface area (Å²) in [5, 5.41) is 11.8. The molecule has 1 aromatic heterocycles. The lowest BCUT2D eigenvalue weighted by Gasteiger charge is -2.06. The highest BCUT2D eigenvalue weighted by atomic mass is 16.4. The Kier molecular flexibility index (Phi) is 3.56. The van der Waals surface area contributed by atoms with Crippen LogP contribution in [0.3, 0.4) is 0 Å². The summed E-state index contributed by atoms with van der Waals surface area (Å²) in [6.07, 6.45) is 1.29. The molecule has 0 aliphatic heterocycles. The lowest BCUT2D eigenvalue weighted by atomic mass is 10.1. The number of benzene rings is 1. The number of carbonyl (C=O) groups is 2. The fraction of sp³-hybridized carbons (Fsp3) is 0.0714. The van der Waals surface area contributed by atoms with E-state index < -0.39 is 5.97 Å². The normalized spacial score (nSPS) is 9.95. The van der Waals surface area contributed by atoms with Crippen LogP contribution in [0.15, 0.2) is 42.6 Å². The summed E-state index contributed by atoms with van der Waals surface area (Å²) in [5.41, 5.74) is 1.55. The topological polar surface area (TPSA) is 79.3 Å². The van der Waals surface area contributed by atoms with Gasteiger partial charge in [0.1, 0.15) is 5.82 Å². The van der Waals surface area contributed by atoms with Crippen LogP contribution in [0.25, 0.3) is 0 Å². The summed E-state index contributed by atoms with van der Waals surface area (Å²) in [4.78, 5) is 25.8. The van der Waals surface area contributed by atoms with Gasteiger partial charge in [0.05, 0.1) is 5.56 Å². The van der Waals surface area contributed by atoms with Crippen molar-refractivity contribution in [2.45, 2.75) is 6.92 Å². The minimum Gasteiger partial charge on any atom is -0.478 e. The fourth-order valence-corrected chi connectivity index (χ4v) is 1.53. The Balaban J connectivity index is 2.12. The second-order valence-electron chi connectivity index (χ2n) is 4.00. The predicted molar refractivity (Wildman–Crippen MR) is 70.9 cm³/mol. The van der Waals surface area contributed by atoms with Crippen LogP contribution in [0.5, 0.6) is 0 Å². The molecule has 2 N–H and O–H groups in total. The highest BCUT2D eigenvalue weighted by Gasteiger charge is 2.03. The SMILES string of the molecule is CC(=O)c1ccc(Nc2ccc(C(=O)O)cn2)cc1. The number of pyridine rings is 1. The molecule has 0 spiro atoms. The van der Waals surface area contributed by atoms with Crippen molar-refractivity contribution in [3.05, 3.63) is 53.7 Å². The molecule has 0 aliphatic rings. The molecule has 0 radical (unpaired) electrons. The molecule has 0 aliphatic carbocycles. The number of carboxylic acid groups (broad SMARTS) is 1. The molecular formula is C14H12N2O3. The number of ketones is 1. The Labute approximate surface area is 109 Å². The van der Waals surface area contributed by atoms with Crippen molar-refractivity contribution in [3.63, 3.8) is 0 Å². The average molecular weight is 256 g/mol. The van der Waals surface area contributed by atoms with Gasteiger partial charge in [-0.25, -0.2) is 9.78 Å². The maximum Gasteiger partial charge on any atom is 0.337 e. The molecule has 1 aromatic carbocycles. The summed E-state index contributed by atoms with van der Waals surface area (Å²) >= 11 is 0. The summed E-state index contributed by atoms with van der Waals surface area (Å²) in [6, 6.07) is 10.0. The van der Waals surface area contributed by atoms with Crippen molar-refractivity contribution in [2.24, 2.45) is 0 Å².